The first-order valence-corrected chi connectivity index (χ1v) is 11.2. The standard InChI is InChI=1S/C24H18FN5O3S/c1-14-19-23(34-20(14)22-28-21(29-33-22)16-5-3-2-4-6-16)27-13-30(24(19)32)12-18(31)26-11-15-7-9-17(25)10-8-15/h2-10,13H,11-12H2,1H3,(H,26,31). The third-order valence-electron chi connectivity index (χ3n) is 5.29. The summed E-state index contributed by atoms with van der Waals surface area (Å²) < 4.78 is 19.7. The van der Waals surface area contributed by atoms with Crippen LogP contribution in [0.1, 0.15) is 11.1 Å². The number of nitrogens with one attached hydrogen (secondary N) is 1. The number of fused-ring (bicyclic) bond motifs is 1. The lowest BCUT2D eigenvalue weighted by molar-refractivity contribution is -0.121. The molecule has 170 valence electrons. The van der Waals surface area contributed by atoms with Gasteiger partial charge in [-0.25, -0.2) is 9.37 Å². The van der Waals surface area contributed by atoms with Gasteiger partial charge >= 0.3 is 0 Å². The monoisotopic (exact) mass is 475 g/mol. The van der Waals surface area contributed by atoms with E-state index in [0.29, 0.717) is 32.4 Å². The summed E-state index contributed by atoms with van der Waals surface area (Å²) in [5, 5.41) is 7.18. The fourth-order valence-corrected chi connectivity index (χ4v) is 4.57. The molecule has 5 rings (SSSR count). The van der Waals surface area contributed by atoms with Crippen LogP contribution in [0.5, 0.6) is 0 Å². The van der Waals surface area contributed by atoms with E-state index in [9.17, 15) is 14.0 Å². The molecular weight excluding hydrogens is 457 g/mol. The molecule has 0 unspecified atom stereocenters. The fourth-order valence-electron chi connectivity index (χ4n) is 3.51. The average Bonchev–Trinajstić information content (AvgIpc) is 3.46. The summed E-state index contributed by atoms with van der Waals surface area (Å²) in [6.45, 7) is 1.83. The quantitative estimate of drug-likeness (QED) is 0.399. The van der Waals surface area contributed by atoms with Crippen LogP contribution in [0.3, 0.4) is 0 Å². The molecule has 10 heteroatoms. The van der Waals surface area contributed by atoms with Gasteiger partial charge < -0.3 is 9.84 Å². The smallest absolute Gasteiger partial charge is 0.268 e. The van der Waals surface area contributed by atoms with Gasteiger partial charge in [0.2, 0.25) is 11.7 Å². The molecule has 0 aliphatic carbocycles. The van der Waals surface area contributed by atoms with Crippen molar-refractivity contribution in [2.24, 2.45) is 0 Å². The minimum atomic E-state index is -0.356. The Hall–Kier alpha value is -4.18. The molecule has 3 aromatic heterocycles. The number of hydrogen-bond donors (Lipinski definition) is 1. The van der Waals surface area contributed by atoms with Crippen molar-refractivity contribution in [3.8, 4) is 22.2 Å². The van der Waals surface area contributed by atoms with Gasteiger partial charge in [0.05, 0.1) is 16.6 Å². The number of halogens is 1. The lowest BCUT2D eigenvalue weighted by atomic mass is 10.2. The van der Waals surface area contributed by atoms with Crippen LogP contribution in [-0.2, 0) is 17.9 Å². The van der Waals surface area contributed by atoms with Crippen molar-refractivity contribution in [1.82, 2.24) is 25.0 Å². The van der Waals surface area contributed by atoms with Crippen molar-refractivity contribution < 1.29 is 13.7 Å². The van der Waals surface area contributed by atoms with Crippen LogP contribution in [0.2, 0.25) is 0 Å². The van der Waals surface area contributed by atoms with Crippen molar-refractivity contribution in [3.05, 3.63) is 88.2 Å². The molecule has 0 radical (unpaired) electrons. The Labute approximate surface area is 196 Å². The van der Waals surface area contributed by atoms with Gasteiger partial charge in [-0.15, -0.1) is 11.3 Å². The summed E-state index contributed by atoms with van der Waals surface area (Å²) in [5.74, 6) is 0.0615. The lowest BCUT2D eigenvalue weighted by Gasteiger charge is -2.07. The summed E-state index contributed by atoms with van der Waals surface area (Å²) in [4.78, 5) is 35.5. The average molecular weight is 476 g/mol. The molecular formula is C24H18FN5O3S. The van der Waals surface area contributed by atoms with Gasteiger partial charge in [-0.3, -0.25) is 14.2 Å². The molecule has 8 nitrogen and oxygen atoms in total. The van der Waals surface area contributed by atoms with E-state index < -0.39 is 0 Å². The van der Waals surface area contributed by atoms with E-state index >= 15 is 0 Å². The van der Waals surface area contributed by atoms with E-state index in [1.54, 1.807) is 19.1 Å². The summed E-state index contributed by atoms with van der Waals surface area (Å²) >= 11 is 1.28. The van der Waals surface area contributed by atoms with E-state index in [1.165, 1.54) is 34.4 Å². The number of amides is 1. The first-order chi connectivity index (χ1) is 16.5. The van der Waals surface area contributed by atoms with E-state index in [0.717, 1.165) is 11.1 Å². The molecule has 34 heavy (non-hydrogen) atoms. The molecule has 0 saturated carbocycles. The maximum Gasteiger partial charge on any atom is 0.268 e. The number of nitrogens with zero attached hydrogens (tertiary/aromatic N) is 4. The molecule has 0 saturated heterocycles. The van der Waals surface area contributed by atoms with Crippen molar-refractivity contribution in [2.45, 2.75) is 20.0 Å². The third kappa shape index (κ3) is 4.23. The first kappa shape index (κ1) is 21.7. The van der Waals surface area contributed by atoms with Gasteiger partial charge in [0, 0.05) is 12.1 Å². The van der Waals surface area contributed by atoms with Gasteiger partial charge in [0.1, 0.15) is 17.2 Å². The number of rotatable bonds is 6. The van der Waals surface area contributed by atoms with Crippen LogP contribution < -0.4 is 10.9 Å². The summed E-state index contributed by atoms with van der Waals surface area (Å²) in [5.41, 5.74) is 1.92. The Morgan fingerprint density at radius 1 is 1.15 bits per heavy atom. The van der Waals surface area contributed by atoms with Crippen molar-refractivity contribution in [1.29, 1.82) is 0 Å². The zero-order valence-electron chi connectivity index (χ0n) is 18.0. The highest BCUT2D eigenvalue weighted by atomic mass is 32.1. The van der Waals surface area contributed by atoms with E-state index in [2.05, 4.69) is 20.4 Å². The Balaban J connectivity index is 1.38. The number of aryl methyl sites for hydroxylation is 1. The number of benzene rings is 2. The minimum Gasteiger partial charge on any atom is -0.350 e. The molecule has 0 aliphatic heterocycles. The molecule has 1 amide bonds. The minimum absolute atomic E-state index is 0.188. The maximum atomic E-state index is 13.1. The highest BCUT2D eigenvalue weighted by Gasteiger charge is 2.21. The summed E-state index contributed by atoms with van der Waals surface area (Å²) in [6, 6.07) is 15.3. The second kappa shape index (κ2) is 8.99. The zero-order chi connectivity index (χ0) is 23.7. The molecule has 0 spiro atoms. The lowest BCUT2D eigenvalue weighted by Crippen LogP contribution is -2.32. The third-order valence-corrected chi connectivity index (χ3v) is 6.47. The Bertz CT molecular complexity index is 1540. The molecule has 5 aromatic rings. The summed E-state index contributed by atoms with van der Waals surface area (Å²) in [7, 11) is 0. The van der Waals surface area contributed by atoms with Crippen LogP contribution in [0, 0.1) is 12.7 Å². The number of carbonyl (C=O) groups excluding carboxylic acids is 1. The van der Waals surface area contributed by atoms with Gasteiger partial charge in [0.25, 0.3) is 11.4 Å². The maximum absolute atomic E-state index is 13.1. The Morgan fingerprint density at radius 3 is 2.68 bits per heavy atom. The van der Waals surface area contributed by atoms with Crippen molar-refractivity contribution >= 4 is 27.5 Å². The highest BCUT2D eigenvalue weighted by molar-refractivity contribution is 7.22. The van der Waals surface area contributed by atoms with Crippen molar-refractivity contribution in [3.63, 3.8) is 0 Å². The van der Waals surface area contributed by atoms with Crippen LogP contribution in [0.4, 0.5) is 4.39 Å². The molecule has 1 N–H and O–H groups in total. The molecule has 0 aliphatic rings. The molecule has 0 atom stereocenters. The molecule has 2 aromatic carbocycles. The van der Waals surface area contributed by atoms with E-state index in [-0.39, 0.29) is 30.4 Å². The van der Waals surface area contributed by atoms with Gasteiger partial charge in [-0.1, -0.05) is 47.6 Å². The second-order valence-electron chi connectivity index (χ2n) is 7.61. The number of carbonyl (C=O) groups is 1. The second-order valence-corrected chi connectivity index (χ2v) is 8.61. The highest BCUT2D eigenvalue weighted by Crippen LogP contribution is 2.35. The normalized spacial score (nSPS) is 11.1. The first-order valence-electron chi connectivity index (χ1n) is 10.4. The Kier molecular flexibility index (Phi) is 5.72. The molecule has 0 bridgehead atoms. The van der Waals surface area contributed by atoms with E-state index in [4.69, 9.17) is 4.52 Å². The topological polar surface area (TPSA) is 103 Å². The number of thiophene rings is 1. The van der Waals surface area contributed by atoms with Crippen LogP contribution in [0.15, 0.2) is 70.2 Å². The zero-order valence-corrected chi connectivity index (χ0v) is 18.8. The van der Waals surface area contributed by atoms with Gasteiger partial charge in [-0.05, 0) is 30.2 Å². The summed E-state index contributed by atoms with van der Waals surface area (Å²) in [6.07, 6.45) is 1.35. The van der Waals surface area contributed by atoms with Crippen LogP contribution >= 0.6 is 11.3 Å². The van der Waals surface area contributed by atoms with Crippen molar-refractivity contribution in [2.75, 3.05) is 0 Å². The Morgan fingerprint density at radius 2 is 1.91 bits per heavy atom. The predicted octanol–water partition coefficient (Wildman–Crippen LogP) is 3.94. The SMILES string of the molecule is Cc1c(-c2nc(-c3ccccc3)no2)sc2ncn(CC(=O)NCc3ccc(F)cc3)c(=O)c12. The number of hydrogen-bond acceptors (Lipinski definition) is 7. The molecule has 3 heterocycles. The van der Waals surface area contributed by atoms with Gasteiger partial charge in [-0.2, -0.15) is 4.98 Å². The van der Waals surface area contributed by atoms with Crippen LogP contribution in [-0.4, -0.2) is 25.6 Å². The largest absolute Gasteiger partial charge is 0.350 e. The fraction of sp³-hybridized carbons (Fsp3) is 0.125. The van der Waals surface area contributed by atoms with E-state index in [1.807, 2.05) is 30.3 Å². The predicted molar refractivity (Wildman–Crippen MR) is 126 cm³/mol. The van der Waals surface area contributed by atoms with Gasteiger partial charge in [0.15, 0.2) is 0 Å². The van der Waals surface area contributed by atoms with Crippen LogP contribution in [0.25, 0.3) is 32.4 Å². The molecule has 0 fully saturated rings. The number of aromatic nitrogens is 4.